The van der Waals surface area contributed by atoms with E-state index in [9.17, 15) is 9.59 Å². The molecule has 5 nitrogen and oxygen atoms in total. The summed E-state index contributed by atoms with van der Waals surface area (Å²) >= 11 is 7.19. The molecular formula is C24H20ClN3O2S. The largest absolute Gasteiger partial charge is 0.326 e. The molecule has 0 aliphatic carbocycles. The lowest BCUT2D eigenvalue weighted by Gasteiger charge is -2.14. The molecule has 4 rings (SSSR count). The number of halogens is 1. The van der Waals surface area contributed by atoms with Crippen molar-refractivity contribution >= 4 is 62.5 Å². The number of amides is 2. The fraction of sp³-hybridized carbons (Fsp3) is 0.125. The van der Waals surface area contributed by atoms with Crippen molar-refractivity contribution in [3.63, 3.8) is 0 Å². The highest BCUT2D eigenvalue weighted by Gasteiger charge is 2.38. The van der Waals surface area contributed by atoms with Crippen molar-refractivity contribution in [2.24, 2.45) is 4.99 Å². The monoisotopic (exact) mass is 449 g/mol. The van der Waals surface area contributed by atoms with Crippen molar-refractivity contribution in [3.05, 3.63) is 84.4 Å². The van der Waals surface area contributed by atoms with Crippen LogP contribution in [0, 0.1) is 0 Å². The highest BCUT2D eigenvalue weighted by atomic mass is 35.5. The molecule has 0 unspecified atom stereocenters. The zero-order valence-corrected chi connectivity index (χ0v) is 18.2. The van der Waals surface area contributed by atoms with E-state index in [0.717, 1.165) is 16.5 Å². The van der Waals surface area contributed by atoms with Crippen LogP contribution in [0.4, 0.5) is 11.4 Å². The normalized spacial score (nSPS) is 17.3. The summed E-state index contributed by atoms with van der Waals surface area (Å²) in [5.74, 6) is -0.381. The Morgan fingerprint density at radius 3 is 2.65 bits per heavy atom. The predicted octanol–water partition coefficient (Wildman–Crippen LogP) is 5.64. The summed E-state index contributed by atoms with van der Waals surface area (Å²) < 4.78 is 0. The molecule has 1 heterocycles. The van der Waals surface area contributed by atoms with Gasteiger partial charge in [-0.1, -0.05) is 65.8 Å². The summed E-state index contributed by atoms with van der Waals surface area (Å²) in [6.07, 6.45) is 1.71. The number of hydrogen-bond donors (Lipinski definition) is 1. The van der Waals surface area contributed by atoms with Crippen LogP contribution in [-0.4, -0.2) is 33.7 Å². The van der Waals surface area contributed by atoms with Crippen molar-refractivity contribution in [1.82, 2.24) is 4.90 Å². The molecule has 31 heavy (non-hydrogen) atoms. The van der Waals surface area contributed by atoms with Gasteiger partial charge in [0.15, 0.2) is 5.17 Å². The van der Waals surface area contributed by atoms with Gasteiger partial charge in [-0.15, -0.1) is 6.58 Å². The first-order valence-corrected chi connectivity index (χ1v) is 11.0. The minimum Gasteiger partial charge on any atom is -0.326 e. The number of hydrogen-bond acceptors (Lipinski definition) is 4. The summed E-state index contributed by atoms with van der Waals surface area (Å²) in [7, 11) is 0. The van der Waals surface area contributed by atoms with Gasteiger partial charge in [0.25, 0.3) is 0 Å². The van der Waals surface area contributed by atoms with E-state index >= 15 is 0 Å². The third kappa shape index (κ3) is 4.81. The van der Waals surface area contributed by atoms with E-state index < -0.39 is 5.25 Å². The molecule has 1 N–H and O–H groups in total. The average molecular weight is 450 g/mol. The number of anilines is 1. The van der Waals surface area contributed by atoms with Gasteiger partial charge in [0.2, 0.25) is 11.8 Å². The van der Waals surface area contributed by atoms with Gasteiger partial charge in [0, 0.05) is 29.1 Å². The Morgan fingerprint density at radius 1 is 1.13 bits per heavy atom. The molecule has 156 valence electrons. The third-order valence-electron chi connectivity index (χ3n) is 4.81. The molecule has 1 atom stereocenters. The van der Waals surface area contributed by atoms with Gasteiger partial charge >= 0.3 is 0 Å². The number of nitrogens with one attached hydrogen (secondary N) is 1. The Labute approximate surface area is 189 Å². The molecule has 7 heteroatoms. The number of thioether (sulfide) groups is 1. The number of benzene rings is 3. The van der Waals surface area contributed by atoms with Gasteiger partial charge in [0.1, 0.15) is 5.25 Å². The molecule has 1 fully saturated rings. The number of carbonyl (C=O) groups is 2. The second-order valence-electron chi connectivity index (χ2n) is 7.00. The minimum absolute atomic E-state index is 0.0499. The molecular weight excluding hydrogens is 430 g/mol. The van der Waals surface area contributed by atoms with Gasteiger partial charge in [0.05, 0.1) is 5.69 Å². The Morgan fingerprint density at radius 2 is 1.87 bits per heavy atom. The maximum atomic E-state index is 13.0. The van der Waals surface area contributed by atoms with Crippen LogP contribution in [0.25, 0.3) is 10.8 Å². The highest BCUT2D eigenvalue weighted by Crippen LogP contribution is 2.34. The first-order chi connectivity index (χ1) is 15.0. The van der Waals surface area contributed by atoms with E-state index in [1.807, 2.05) is 42.5 Å². The summed E-state index contributed by atoms with van der Waals surface area (Å²) in [5.41, 5.74) is 1.42. The van der Waals surface area contributed by atoms with Crippen LogP contribution < -0.4 is 5.32 Å². The van der Waals surface area contributed by atoms with Crippen LogP contribution in [-0.2, 0) is 9.59 Å². The van der Waals surface area contributed by atoms with Crippen LogP contribution in [0.2, 0.25) is 5.02 Å². The molecule has 1 aliphatic rings. The van der Waals surface area contributed by atoms with Crippen LogP contribution in [0.1, 0.15) is 6.42 Å². The number of carbonyl (C=O) groups excluding carboxylic acids is 2. The number of amidine groups is 1. The summed E-state index contributed by atoms with van der Waals surface area (Å²) in [4.78, 5) is 31.8. The number of fused-ring (bicyclic) bond motifs is 1. The van der Waals surface area contributed by atoms with Gasteiger partial charge in [-0.3, -0.25) is 14.5 Å². The topological polar surface area (TPSA) is 61.8 Å². The Bertz CT molecular complexity index is 1170. The smallest absolute Gasteiger partial charge is 0.242 e. The molecule has 0 radical (unpaired) electrons. The van der Waals surface area contributed by atoms with Crippen molar-refractivity contribution in [3.8, 4) is 0 Å². The number of aliphatic imine (C=N–C) groups is 1. The van der Waals surface area contributed by atoms with E-state index in [4.69, 9.17) is 16.6 Å². The first-order valence-electron chi connectivity index (χ1n) is 9.76. The van der Waals surface area contributed by atoms with Crippen molar-refractivity contribution in [2.75, 3.05) is 11.9 Å². The molecule has 0 aromatic heterocycles. The molecule has 1 aliphatic heterocycles. The Hall–Kier alpha value is -3.09. The van der Waals surface area contributed by atoms with Crippen molar-refractivity contribution in [2.45, 2.75) is 11.7 Å². The van der Waals surface area contributed by atoms with Crippen LogP contribution >= 0.6 is 23.4 Å². The minimum atomic E-state index is -0.541. The Balaban J connectivity index is 1.55. The maximum absolute atomic E-state index is 13.0. The Kier molecular flexibility index (Phi) is 6.39. The summed E-state index contributed by atoms with van der Waals surface area (Å²) in [5, 5.41) is 5.52. The van der Waals surface area contributed by atoms with E-state index in [1.165, 1.54) is 11.8 Å². The highest BCUT2D eigenvalue weighted by molar-refractivity contribution is 8.15. The van der Waals surface area contributed by atoms with Gasteiger partial charge in [-0.05, 0) is 35.7 Å². The first kappa shape index (κ1) is 21.2. The molecule has 3 aromatic rings. The van der Waals surface area contributed by atoms with Crippen molar-refractivity contribution in [1.29, 1.82) is 0 Å². The lowest BCUT2D eigenvalue weighted by molar-refractivity contribution is -0.127. The molecule has 3 aromatic carbocycles. The number of nitrogens with zero attached hydrogens (tertiary/aromatic N) is 2. The van der Waals surface area contributed by atoms with Crippen LogP contribution in [0.15, 0.2) is 84.4 Å². The van der Waals surface area contributed by atoms with E-state index in [2.05, 4.69) is 11.9 Å². The fourth-order valence-corrected chi connectivity index (χ4v) is 4.63. The van der Waals surface area contributed by atoms with Crippen molar-refractivity contribution < 1.29 is 9.59 Å². The lowest BCUT2D eigenvalue weighted by atomic mass is 10.1. The van der Waals surface area contributed by atoms with E-state index in [-0.39, 0.29) is 18.2 Å². The maximum Gasteiger partial charge on any atom is 0.242 e. The second kappa shape index (κ2) is 9.37. The molecule has 1 saturated heterocycles. The average Bonchev–Trinajstić information content (AvgIpc) is 3.05. The summed E-state index contributed by atoms with van der Waals surface area (Å²) in [6, 6.07) is 20.7. The third-order valence-corrected chi connectivity index (χ3v) is 6.24. The zero-order valence-electron chi connectivity index (χ0n) is 16.6. The number of rotatable bonds is 6. The van der Waals surface area contributed by atoms with E-state index in [0.29, 0.717) is 22.4 Å². The zero-order chi connectivity index (χ0) is 21.8. The molecule has 2 amide bonds. The molecule has 0 bridgehead atoms. The molecule has 0 saturated carbocycles. The second-order valence-corrected chi connectivity index (χ2v) is 8.60. The van der Waals surface area contributed by atoms with Crippen LogP contribution in [0.5, 0.6) is 0 Å². The van der Waals surface area contributed by atoms with E-state index in [1.54, 1.807) is 35.2 Å². The quantitative estimate of drug-likeness (QED) is 0.495. The van der Waals surface area contributed by atoms with Crippen LogP contribution in [0.3, 0.4) is 0 Å². The summed E-state index contributed by atoms with van der Waals surface area (Å²) in [6.45, 7) is 4.09. The fourth-order valence-electron chi connectivity index (χ4n) is 3.34. The standard InChI is InChI=1S/C24H20ClN3O2S/c1-2-14-28-23(30)21(15-22(29)26-18-12-10-17(25)11-13-18)31-24(28)27-20-9-5-7-16-6-3-4-8-19(16)20/h2-13,21H,1,14-15H2,(H,26,29)/t21-/m1/s1. The van der Waals surface area contributed by atoms with Gasteiger partial charge < -0.3 is 5.32 Å². The molecule has 0 spiro atoms. The van der Waals surface area contributed by atoms with Gasteiger partial charge in [-0.2, -0.15) is 0 Å². The lowest BCUT2D eigenvalue weighted by Crippen LogP contribution is -2.33. The van der Waals surface area contributed by atoms with Gasteiger partial charge in [-0.25, -0.2) is 4.99 Å². The predicted molar refractivity (Wildman–Crippen MR) is 129 cm³/mol. The SMILES string of the molecule is C=CCN1C(=O)[C@@H](CC(=O)Nc2ccc(Cl)cc2)SC1=Nc1cccc2ccccc12.